The van der Waals surface area contributed by atoms with Gasteiger partial charge >= 0.3 is 0 Å². The third-order valence-corrected chi connectivity index (χ3v) is 3.11. The van der Waals surface area contributed by atoms with Crippen molar-refractivity contribution in [3.8, 4) is 5.75 Å². The molecule has 110 valence electrons. The lowest BCUT2D eigenvalue weighted by Gasteiger charge is -2.21. The molecule has 3 amide bonds. The molecule has 1 fully saturated rings. The molecular formula is C15H16N2O4. The lowest BCUT2D eigenvalue weighted by molar-refractivity contribution is -0.136. The first-order valence-electron chi connectivity index (χ1n) is 6.55. The quantitative estimate of drug-likeness (QED) is 0.628. The van der Waals surface area contributed by atoms with Gasteiger partial charge in [0.05, 0.1) is 7.11 Å². The number of ether oxygens (including phenoxy) is 1. The standard InChI is InChI=1S/C15H16N2O4/c1-21-12-5-3-2-4-10(12)6-8-13(18)16-11-7-9-14(19)17-15(11)20/h2-6,8,11H,7,9H2,1H3,(H,16,18)(H,17,19,20). The number of rotatable bonds is 4. The van der Waals surface area contributed by atoms with E-state index in [0.29, 0.717) is 12.2 Å². The van der Waals surface area contributed by atoms with Crippen molar-refractivity contribution in [2.75, 3.05) is 7.11 Å². The molecule has 6 heteroatoms. The van der Waals surface area contributed by atoms with Gasteiger partial charge < -0.3 is 10.1 Å². The normalized spacial score (nSPS) is 18.4. The van der Waals surface area contributed by atoms with Crippen LogP contribution < -0.4 is 15.4 Å². The molecule has 2 N–H and O–H groups in total. The van der Waals surface area contributed by atoms with Crippen molar-refractivity contribution in [2.45, 2.75) is 18.9 Å². The van der Waals surface area contributed by atoms with Gasteiger partial charge in [0.1, 0.15) is 11.8 Å². The maximum absolute atomic E-state index is 11.8. The van der Waals surface area contributed by atoms with E-state index in [1.807, 2.05) is 18.2 Å². The molecule has 0 aliphatic carbocycles. The van der Waals surface area contributed by atoms with Crippen LogP contribution in [0, 0.1) is 0 Å². The van der Waals surface area contributed by atoms with Gasteiger partial charge in [-0.25, -0.2) is 0 Å². The van der Waals surface area contributed by atoms with Crippen LogP contribution in [-0.2, 0) is 14.4 Å². The maximum atomic E-state index is 11.8. The van der Waals surface area contributed by atoms with Crippen molar-refractivity contribution >= 4 is 23.8 Å². The minimum atomic E-state index is -0.669. The van der Waals surface area contributed by atoms with Gasteiger partial charge in [0.15, 0.2) is 0 Å². The maximum Gasteiger partial charge on any atom is 0.249 e. The number of methoxy groups -OCH3 is 1. The van der Waals surface area contributed by atoms with Crippen LogP contribution in [0.4, 0.5) is 0 Å². The van der Waals surface area contributed by atoms with E-state index < -0.39 is 17.9 Å². The molecular weight excluding hydrogens is 272 g/mol. The predicted octanol–water partition coefficient (Wildman–Crippen LogP) is 0.630. The van der Waals surface area contributed by atoms with Crippen LogP contribution in [0.3, 0.4) is 0 Å². The van der Waals surface area contributed by atoms with Crippen LogP contribution in [0.2, 0.25) is 0 Å². The molecule has 21 heavy (non-hydrogen) atoms. The van der Waals surface area contributed by atoms with Gasteiger partial charge in [-0.2, -0.15) is 0 Å². The second kappa shape index (κ2) is 6.69. The van der Waals surface area contributed by atoms with E-state index in [2.05, 4.69) is 10.6 Å². The van der Waals surface area contributed by atoms with Crippen molar-refractivity contribution in [2.24, 2.45) is 0 Å². The fraction of sp³-hybridized carbons (Fsp3) is 0.267. The van der Waals surface area contributed by atoms with Crippen LogP contribution in [0.5, 0.6) is 5.75 Å². The van der Waals surface area contributed by atoms with E-state index in [0.717, 1.165) is 5.56 Å². The molecule has 1 atom stereocenters. The molecule has 1 aromatic carbocycles. The molecule has 1 unspecified atom stereocenters. The smallest absolute Gasteiger partial charge is 0.249 e. The Morgan fingerprint density at radius 3 is 2.86 bits per heavy atom. The third kappa shape index (κ3) is 3.92. The minimum Gasteiger partial charge on any atom is -0.496 e. The highest BCUT2D eigenvalue weighted by molar-refractivity contribution is 6.03. The Kier molecular flexibility index (Phi) is 4.71. The summed E-state index contributed by atoms with van der Waals surface area (Å²) in [6.07, 6.45) is 3.49. The largest absolute Gasteiger partial charge is 0.496 e. The van der Waals surface area contributed by atoms with E-state index in [4.69, 9.17) is 4.74 Å². The Balaban J connectivity index is 1.97. The van der Waals surface area contributed by atoms with Gasteiger partial charge in [0, 0.05) is 18.1 Å². The summed E-state index contributed by atoms with van der Waals surface area (Å²) in [5, 5.41) is 4.76. The molecule has 1 aromatic rings. The molecule has 1 heterocycles. The van der Waals surface area contributed by atoms with E-state index in [-0.39, 0.29) is 12.3 Å². The number of carbonyl (C=O) groups excluding carboxylic acids is 3. The average molecular weight is 288 g/mol. The van der Waals surface area contributed by atoms with E-state index >= 15 is 0 Å². The summed E-state index contributed by atoms with van der Waals surface area (Å²) in [5.74, 6) is -0.515. The van der Waals surface area contributed by atoms with Crippen molar-refractivity contribution in [3.05, 3.63) is 35.9 Å². The summed E-state index contributed by atoms with van der Waals surface area (Å²) in [5.41, 5.74) is 0.762. The Morgan fingerprint density at radius 1 is 1.38 bits per heavy atom. The number of para-hydroxylation sites is 1. The van der Waals surface area contributed by atoms with Crippen LogP contribution >= 0.6 is 0 Å². The molecule has 2 rings (SSSR count). The van der Waals surface area contributed by atoms with Gasteiger partial charge in [-0.3, -0.25) is 19.7 Å². The van der Waals surface area contributed by atoms with Crippen molar-refractivity contribution in [1.82, 2.24) is 10.6 Å². The van der Waals surface area contributed by atoms with Gasteiger partial charge in [-0.05, 0) is 18.6 Å². The van der Waals surface area contributed by atoms with E-state index in [9.17, 15) is 14.4 Å². The number of piperidine rings is 1. The fourth-order valence-corrected chi connectivity index (χ4v) is 2.02. The highest BCUT2D eigenvalue weighted by Gasteiger charge is 2.27. The van der Waals surface area contributed by atoms with E-state index in [1.165, 1.54) is 6.08 Å². The number of carbonyl (C=O) groups is 3. The SMILES string of the molecule is COc1ccccc1C=CC(=O)NC1CCC(=O)NC1=O. The number of hydrogen-bond acceptors (Lipinski definition) is 4. The van der Waals surface area contributed by atoms with Crippen molar-refractivity contribution < 1.29 is 19.1 Å². The molecule has 0 bridgehead atoms. The van der Waals surface area contributed by atoms with Crippen LogP contribution in [0.25, 0.3) is 6.08 Å². The second-order valence-electron chi connectivity index (χ2n) is 4.59. The Hall–Kier alpha value is -2.63. The Labute approximate surface area is 122 Å². The van der Waals surface area contributed by atoms with Crippen molar-refractivity contribution in [3.63, 3.8) is 0 Å². The second-order valence-corrected chi connectivity index (χ2v) is 4.59. The molecule has 0 saturated carbocycles. The summed E-state index contributed by atoms with van der Waals surface area (Å²) in [6, 6.07) is 6.60. The molecule has 1 aliphatic heterocycles. The van der Waals surface area contributed by atoms with E-state index in [1.54, 1.807) is 19.3 Å². The summed E-state index contributed by atoms with van der Waals surface area (Å²) >= 11 is 0. The van der Waals surface area contributed by atoms with Crippen LogP contribution in [-0.4, -0.2) is 30.9 Å². The van der Waals surface area contributed by atoms with Gasteiger partial charge in [-0.15, -0.1) is 0 Å². The van der Waals surface area contributed by atoms with Crippen molar-refractivity contribution in [1.29, 1.82) is 0 Å². The fourth-order valence-electron chi connectivity index (χ4n) is 2.02. The lowest BCUT2D eigenvalue weighted by atomic mass is 10.1. The average Bonchev–Trinajstić information content (AvgIpc) is 2.48. The zero-order chi connectivity index (χ0) is 15.2. The summed E-state index contributed by atoms with van der Waals surface area (Å²) in [6.45, 7) is 0. The first-order valence-corrected chi connectivity index (χ1v) is 6.55. The molecule has 6 nitrogen and oxygen atoms in total. The Bertz CT molecular complexity index is 595. The highest BCUT2D eigenvalue weighted by Crippen LogP contribution is 2.18. The number of nitrogens with one attached hydrogen (secondary N) is 2. The summed E-state index contributed by atoms with van der Waals surface area (Å²) < 4.78 is 5.17. The zero-order valence-electron chi connectivity index (χ0n) is 11.6. The van der Waals surface area contributed by atoms with Gasteiger partial charge in [0.25, 0.3) is 0 Å². The lowest BCUT2D eigenvalue weighted by Crippen LogP contribution is -2.51. The number of benzene rings is 1. The first kappa shape index (κ1) is 14.8. The van der Waals surface area contributed by atoms with Gasteiger partial charge in [0.2, 0.25) is 17.7 Å². The molecule has 1 saturated heterocycles. The summed E-state index contributed by atoms with van der Waals surface area (Å²) in [7, 11) is 1.55. The predicted molar refractivity (Wildman–Crippen MR) is 76.3 cm³/mol. The first-order chi connectivity index (χ1) is 10.1. The number of hydrogen-bond donors (Lipinski definition) is 2. The number of imide groups is 1. The molecule has 1 aliphatic rings. The van der Waals surface area contributed by atoms with Crippen LogP contribution in [0.1, 0.15) is 18.4 Å². The monoisotopic (exact) mass is 288 g/mol. The molecule has 0 spiro atoms. The Morgan fingerprint density at radius 2 is 2.14 bits per heavy atom. The van der Waals surface area contributed by atoms with Gasteiger partial charge in [-0.1, -0.05) is 18.2 Å². The van der Waals surface area contributed by atoms with Crippen LogP contribution in [0.15, 0.2) is 30.3 Å². The molecule has 0 radical (unpaired) electrons. The third-order valence-electron chi connectivity index (χ3n) is 3.11. The zero-order valence-corrected chi connectivity index (χ0v) is 11.6. The highest BCUT2D eigenvalue weighted by atomic mass is 16.5. The number of amides is 3. The minimum absolute atomic E-state index is 0.229. The topological polar surface area (TPSA) is 84.5 Å². The molecule has 0 aromatic heterocycles. The summed E-state index contributed by atoms with van der Waals surface area (Å²) in [4.78, 5) is 34.3.